The van der Waals surface area contributed by atoms with Crippen LogP contribution in [0, 0.1) is 26.7 Å². The van der Waals surface area contributed by atoms with Crippen LogP contribution in [0.15, 0.2) is 127 Å². The number of ketones is 2. The van der Waals surface area contributed by atoms with E-state index in [0.717, 1.165) is 5.56 Å². The first-order valence-electron chi connectivity index (χ1n) is 19.6. The number of allylic oxidation sites excluding steroid dienone is 3. The van der Waals surface area contributed by atoms with Crippen LogP contribution in [-0.2, 0) is 9.36 Å². The number of hydrogen-bond acceptors (Lipinski definition) is 11. The molecule has 3 unspecified atom stereocenters. The molecule has 5 aromatic rings. The second kappa shape index (κ2) is 22.9. The summed E-state index contributed by atoms with van der Waals surface area (Å²) in [7, 11) is -4.32. The average Bonchev–Trinajstić information content (AvgIpc) is 3.26. The number of carbonyl (C=O) groups excluding carboxylic acids is 3. The molecule has 4 N–H and O–H groups in total. The van der Waals surface area contributed by atoms with Crippen molar-refractivity contribution in [2.45, 2.75) is 46.1 Å². The maximum Gasteiger partial charge on any atom is 1.00 e. The van der Waals surface area contributed by atoms with Gasteiger partial charge in [-0.25, -0.2) is 4.79 Å². The molecule has 2 aliphatic rings. The number of phenols is 1. The fraction of sp³-hybridized carbons (Fsp3) is 0.208. The topological polar surface area (TPSA) is 208 Å². The predicted octanol–water partition coefficient (Wildman–Crippen LogP) is 6.96. The Morgan fingerprint density at radius 3 is 2.00 bits per heavy atom. The molecule has 5 aromatic carbocycles. The second-order valence-corrected chi connectivity index (χ2v) is 20.7. The van der Waals surface area contributed by atoms with Crippen molar-refractivity contribution >= 4 is 99.5 Å². The molecule has 0 saturated heterocycles. The number of carboxylic acids is 1. The zero-order chi connectivity index (χ0) is 48.1. The molecule has 0 spiro atoms. The third kappa shape index (κ3) is 12.2. The van der Waals surface area contributed by atoms with Crippen molar-refractivity contribution in [3.63, 3.8) is 0 Å². The van der Waals surface area contributed by atoms with Crippen LogP contribution in [0.1, 0.15) is 78.7 Å². The summed E-state index contributed by atoms with van der Waals surface area (Å²) in [6, 6.07) is 26.4. The van der Waals surface area contributed by atoms with E-state index in [1.54, 1.807) is 92.7 Å². The number of fused-ring (bicyclic) bond motifs is 2. The number of aliphatic hydroxyl groups excluding tert-OH is 1. The van der Waals surface area contributed by atoms with E-state index >= 15 is 0 Å². The van der Waals surface area contributed by atoms with Crippen LogP contribution in [0.4, 0.5) is 0 Å². The summed E-state index contributed by atoms with van der Waals surface area (Å²) in [5.74, 6) is -1.34. The summed E-state index contributed by atoms with van der Waals surface area (Å²) in [4.78, 5) is 60.9. The van der Waals surface area contributed by atoms with Gasteiger partial charge in [0.15, 0.2) is 5.78 Å². The number of Topliss-reactive ketones (excluding diaryl/α,β-unsaturated/α-hetero) is 2. The van der Waals surface area contributed by atoms with Crippen LogP contribution in [0.25, 0.3) is 0 Å². The first-order valence-corrected chi connectivity index (χ1v) is 24.4. The Morgan fingerprint density at radius 2 is 1.44 bits per heavy atom. The van der Waals surface area contributed by atoms with E-state index in [1.807, 2.05) is 19.1 Å². The summed E-state index contributed by atoms with van der Waals surface area (Å²) < 4.78 is 25.0. The molecule has 0 bridgehead atoms. The minimum absolute atomic E-state index is 0. The molecule has 340 valence electrons. The van der Waals surface area contributed by atoms with Crippen LogP contribution in [0.3, 0.4) is 0 Å². The second-order valence-electron chi connectivity index (χ2n) is 15.4. The van der Waals surface area contributed by atoms with E-state index in [9.17, 15) is 44.0 Å². The fourth-order valence-electron chi connectivity index (χ4n) is 7.23. The van der Waals surface area contributed by atoms with Crippen LogP contribution in [0.2, 0.25) is 0 Å². The number of phenolic OH excluding ortho intramolecular Hbond substituents is 1. The van der Waals surface area contributed by atoms with Crippen LogP contribution < -0.4 is 38.5 Å². The molecule has 1 aliphatic heterocycles. The Balaban J connectivity index is 0.000000227. The largest absolute Gasteiger partial charge is 1.00 e. The van der Waals surface area contributed by atoms with Gasteiger partial charge in [0.2, 0.25) is 11.3 Å². The van der Waals surface area contributed by atoms with Gasteiger partial charge < -0.3 is 39.4 Å². The minimum atomic E-state index is -4.32. The smallest absolute Gasteiger partial charge is 0.790 e. The van der Waals surface area contributed by atoms with Crippen molar-refractivity contribution in [1.29, 1.82) is 0 Å². The number of aromatic carboxylic acids is 1. The number of aromatic hydroxyl groups is 1. The molecule has 0 radical (unpaired) electrons. The maximum atomic E-state index is 12.5. The molecule has 0 aromatic heterocycles. The number of rotatable bonds is 10. The normalized spacial score (nSPS) is 15.9. The molecule has 0 saturated carbocycles. The molecular formula is C48H42Br4LiO12P. The number of benzene rings is 5. The van der Waals surface area contributed by atoms with Crippen LogP contribution >= 0.6 is 71.1 Å². The van der Waals surface area contributed by atoms with E-state index in [1.165, 1.54) is 26.0 Å². The summed E-state index contributed by atoms with van der Waals surface area (Å²) >= 11 is 13.3. The summed E-state index contributed by atoms with van der Waals surface area (Å²) in [5.41, 5.74) is 2.35. The quantitative estimate of drug-likeness (QED) is 0.0637. The maximum absolute atomic E-state index is 12.5. The van der Waals surface area contributed by atoms with Crippen LogP contribution in [-0.4, -0.2) is 62.3 Å². The molecule has 1 aliphatic carbocycles. The van der Waals surface area contributed by atoms with Gasteiger partial charge in [0.25, 0.3) is 0 Å². The molecule has 18 heteroatoms. The Bertz CT molecular complexity index is 2760. The van der Waals surface area contributed by atoms with Crippen molar-refractivity contribution in [3.8, 4) is 17.2 Å². The summed E-state index contributed by atoms with van der Waals surface area (Å²) in [6.45, 7) is 8.51. The van der Waals surface area contributed by atoms with Gasteiger partial charge in [-0.2, -0.15) is 0 Å². The Kier molecular flexibility index (Phi) is 19.0. The SMILES string of the molecule is CC(C)(O)C(=O)c1ccc(OCCO)cc1.Cc1cc(C)c(C(=O)P(=O)([O-])c2ccccc2)c(C)c1.O=C1C(Br)=CC2C(=C1Br)Oc1c(cc(Br)c(O)c1Br)C2c1ccccc1C(=O)O.[Li+]. The molecule has 0 fully saturated rings. The molecule has 7 rings (SSSR count). The first kappa shape index (κ1) is 54.7. The van der Waals surface area contributed by atoms with Crippen molar-refractivity contribution in [2.24, 2.45) is 5.92 Å². The standard InChI is InChI=1S/C20H10Br4O5.C16H17O3P.C12H16O4.Li/c21-11-5-9-13(7-3-1-2-4-8(7)20(27)28)10-6-12(22)17(26)15(24)19(10)29-18(9)14(23)16(11)25;1-11-9-12(2)15(13(3)10-11)16(17)20(18,19)14-7-5-4-6-8-14;1-12(2,15)11(14)9-3-5-10(6-4-9)16-8-7-13;/h1-6,9,13,26H,(H,27,28);4-10H,1-3H3,(H,18,19);3-6,13,15H,7-8H2,1-2H3;/q;;;+1/p-1. The number of hydrogen-bond donors (Lipinski definition) is 4. The van der Waals surface area contributed by atoms with E-state index < -0.39 is 36.3 Å². The number of aliphatic hydroxyl groups is 2. The molecule has 3 atom stereocenters. The van der Waals surface area contributed by atoms with Gasteiger partial charge >= 0.3 is 24.8 Å². The zero-order valence-electron chi connectivity index (χ0n) is 36.4. The Labute approximate surface area is 427 Å². The fourth-order valence-corrected chi connectivity index (χ4v) is 11.2. The number of halogens is 4. The monoisotopic (exact) mass is 1160 g/mol. The van der Waals surface area contributed by atoms with E-state index in [-0.39, 0.29) is 70.3 Å². The predicted molar refractivity (Wildman–Crippen MR) is 259 cm³/mol. The Hall–Kier alpha value is -3.91. The van der Waals surface area contributed by atoms with Crippen molar-refractivity contribution in [3.05, 3.63) is 171 Å². The zero-order valence-corrected chi connectivity index (χ0v) is 43.6. The van der Waals surface area contributed by atoms with E-state index in [2.05, 4.69) is 63.7 Å². The van der Waals surface area contributed by atoms with Crippen molar-refractivity contribution in [2.75, 3.05) is 13.2 Å². The van der Waals surface area contributed by atoms with Crippen molar-refractivity contribution in [1.82, 2.24) is 0 Å². The van der Waals surface area contributed by atoms with Gasteiger partial charge in [0.05, 0.1) is 21.1 Å². The van der Waals surface area contributed by atoms with Gasteiger partial charge in [-0.05, 0) is 151 Å². The van der Waals surface area contributed by atoms with E-state index in [4.69, 9.17) is 14.6 Å². The number of aryl methyl sites for hydroxylation is 3. The van der Waals surface area contributed by atoms with Gasteiger partial charge in [0.1, 0.15) is 51.5 Å². The molecule has 0 amide bonds. The third-order valence-electron chi connectivity index (χ3n) is 10.2. The van der Waals surface area contributed by atoms with Gasteiger partial charge in [-0.1, -0.05) is 72.3 Å². The molecule has 12 nitrogen and oxygen atoms in total. The molecule has 1 heterocycles. The molecular weight excluding hydrogens is 1130 g/mol. The van der Waals surface area contributed by atoms with Crippen LogP contribution in [0.5, 0.6) is 17.2 Å². The minimum Gasteiger partial charge on any atom is -0.790 e. The number of carboxylic acid groups (broad SMARTS) is 1. The van der Waals surface area contributed by atoms with Gasteiger partial charge in [-0.3, -0.25) is 14.4 Å². The summed E-state index contributed by atoms with van der Waals surface area (Å²) in [5, 5.41) is 38.2. The third-order valence-corrected chi connectivity index (χ3v) is 14.6. The first-order chi connectivity index (χ1) is 30.5. The van der Waals surface area contributed by atoms with Gasteiger partial charge in [0, 0.05) is 33.8 Å². The van der Waals surface area contributed by atoms with E-state index in [0.29, 0.717) is 58.5 Å². The average molecular weight is 1170 g/mol. The number of ether oxygens (including phenoxy) is 2. The summed E-state index contributed by atoms with van der Waals surface area (Å²) in [6.07, 6.45) is 1.73. The Morgan fingerprint density at radius 1 is 0.864 bits per heavy atom. The molecule has 66 heavy (non-hydrogen) atoms. The van der Waals surface area contributed by atoms with Crippen molar-refractivity contribution < 1.29 is 77.4 Å². The number of carbonyl (C=O) groups is 4. The van der Waals surface area contributed by atoms with Gasteiger partial charge in [-0.15, -0.1) is 0 Å².